The van der Waals surface area contributed by atoms with E-state index in [-0.39, 0.29) is 6.54 Å². The monoisotopic (exact) mass is 362 g/mol. The molecule has 0 aliphatic carbocycles. The van der Waals surface area contributed by atoms with Gasteiger partial charge < -0.3 is 4.57 Å². The van der Waals surface area contributed by atoms with Crippen LogP contribution in [0.2, 0.25) is 0 Å². The van der Waals surface area contributed by atoms with Gasteiger partial charge in [-0.3, -0.25) is 4.57 Å². The molecule has 0 N–H and O–H groups in total. The van der Waals surface area contributed by atoms with Gasteiger partial charge in [0.2, 0.25) is 5.95 Å². The predicted octanol–water partition coefficient (Wildman–Crippen LogP) is 3.49. The number of rotatable bonds is 3. The zero-order valence-corrected chi connectivity index (χ0v) is 13.9. The van der Waals surface area contributed by atoms with Crippen LogP contribution in [0, 0.1) is 11.6 Å². The van der Waals surface area contributed by atoms with Crippen molar-refractivity contribution in [3.63, 3.8) is 0 Å². The summed E-state index contributed by atoms with van der Waals surface area (Å²) >= 11 is 0. The van der Waals surface area contributed by atoms with Gasteiger partial charge in [-0.05, 0) is 18.2 Å². The molecule has 2 aromatic carbocycles. The Kier molecular flexibility index (Phi) is 3.43. The maximum Gasteiger partial charge on any atom is 0.237 e. The lowest BCUT2D eigenvalue weighted by molar-refractivity contribution is 0.567. The van der Waals surface area contributed by atoms with E-state index in [1.165, 1.54) is 12.1 Å². The van der Waals surface area contributed by atoms with Crippen LogP contribution in [0.25, 0.3) is 28.1 Å². The van der Waals surface area contributed by atoms with E-state index in [2.05, 4.69) is 19.9 Å². The first kappa shape index (κ1) is 15.6. The first-order valence-corrected chi connectivity index (χ1v) is 8.23. The van der Waals surface area contributed by atoms with E-state index < -0.39 is 11.6 Å². The minimum Gasteiger partial charge on any atom is -0.311 e. The molecule has 3 heterocycles. The molecule has 0 aliphatic rings. The average molecular weight is 362 g/mol. The molecule has 0 unspecified atom stereocenters. The predicted molar refractivity (Wildman–Crippen MR) is 95.4 cm³/mol. The van der Waals surface area contributed by atoms with E-state index in [0.29, 0.717) is 22.7 Å². The van der Waals surface area contributed by atoms with Crippen LogP contribution < -0.4 is 0 Å². The number of para-hydroxylation sites is 2. The van der Waals surface area contributed by atoms with Crippen molar-refractivity contribution in [1.29, 1.82) is 0 Å². The molecule has 0 saturated heterocycles. The van der Waals surface area contributed by atoms with Gasteiger partial charge in [-0.1, -0.05) is 18.2 Å². The third kappa shape index (κ3) is 2.62. The second-order valence-electron chi connectivity index (χ2n) is 6.09. The Bertz CT molecular complexity index is 1290. The van der Waals surface area contributed by atoms with Gasteiger partial charge in [-0.25, -0.2) is 23.7 Å². The maximum atomic E-state index is 14.0. The molecule has 5 rings (SSSR count). The molecule has 3 aromatic heterocycles. The number of fused-ring (bicyclic) bond motifs is 2. The smallest absolute Gasteiger partial charge is 0.237 e. The highest BCUT2D eigenvalue weighted by molar-refractivity contribution is 5.77. The minimum absolute atomic E-state index is 0.184. The molecular formula is C19H12F2N6. The summed E-state index contributed by atoms with van der Waals surface area (Å²) in [4.78, 5) is 17.6. The molecule has 0 amide bonds. The number of imidazole rings is 2. The molecule has 5 aromatic rings. The normalized spacial score (nSPS) is 11.5. The van der Waals surface area contributed by atoms with Gasteiger partial charge in [0.05, 0.1) is 30.1 Å². The van der Waals surface area contributed by atoms with E-state index in [1.807, 2.05) is 24.3 Å². The molecule has 8 heteroatoms. The number of hydrogen-bond acceptors (Lipinski definition) is 4. The molecule has 0 aliphatic heterocycles. The van der Waals surface area contributed by atoms with Crippen LogP contribution in [-0.2, 0) is 6.54 Å². The van der Waals surface area contributed by atoms with Gasteiger partial charge in [0.15, 0.2) is 5.65 Å². The Hall–Kier alpha value is -3.68. The number of hydrogen-bond donors (Lipinski definition) is 0. The summed E-state index contributed by atoms with van der Waals surface area (Å²) < 4.78 is 30.6. The summed E-state index contributed by atoms with van der Waals surface area (Å²) in [5, 5.41) is 0. The second-order valence-corrected chi connectivity index (χ2v) is 6.09. The summed E-state index contributed by atoms with van der Waals surface area (Å²) in [5.74, 6) is -0.771. The fraction of sp³-hybridized carbons (Fsp3) is 0.0526. The number of benzene rings is 2. The highest BCUT2D eigenvalue weighted by Gasteiger charge is 2.12. The van der Waals surface area contributed by atoms with Gasteiger partial charge in [0, 0.05) is 11.6 Å². The zero-order chi connectivity index (χ0) is 18.4. The van der Waals surface area contributed by atoms with Crippen molar-refractivity contribution >= 4 is 22.2 Å². The van der Waals surface area contributed by atoms with Crippen molar-refractivity contribution in [3.8, 4) is 5.95 Å². The van der Waals surface area contributed by atoms with Crippen LogP contribution in [-0.4, -0.2) is 29.1 Å². The van der Waals surface area contributed by atoms with E-state index in [4.69, 9.17) is 0 Å². The molecule has 6 nitrogen and oxygen atoms in total. The van der Waals surface area contributed by atoms with Crippen LogP contribution in [0.1, 0.15) is 5.56 Å². The molecular weight excluding hydrogens is 350 g/mol. The Morgan fingerprint density at radius 3 is 2.63 bits per heavy atom. The van der Waals surface area contributed by atoms with Crippen molar-refractivity contribution in [1.82, 2.24) is 29.1 Å². The summed E-state index contributed by atoms with van der Waals surface area (Å²) in [6.45, 7) is 0.184. The SMILES string of the molecule is Fc1ccc(Cn2cnc3cnc(-n4cnc5ccccc54)nc32)c(F)c1. The number of nitrogens with zero attached hydrogens (tertiary/aromatic N) is 6. The summed E-state index contributed by atoms with van der Waals surface area (Å²) in [5.41, 5.74) is 3.21. The zero-order valence-electron chi connectivity index (χ0n) is 13.9. The Labute approximate surface area is 151 Å². The summed E-state index contributed by atoms with van der Waals surface area (Å²) in [6.07, 6.45) is 4.84. The Balaban J connectivity index is 1.60. The fourth-order valence-corrected chi connectivity index (χ4v) is 3.03. The largest absolute Gasteiger partial charge is 0.311 e. The van der Waals surface area contributed by atoms with Crippen molar-refractivity contribution < 1.29 is 8.78 Å². The van der Waals surface area contributed by atoms with Crippen LogP contribution in [0.15, 0.2) is 61.3 Å². The van der Waals surface area contributed by atoms with Gasteiger partial charge in [0.25, 0.3) is 0 Å². The average Bonchev–Trinajstić information content (AvgIpc) is 3.28. The summed E-state index contributed by atoms with van der Waals surface area (Å²) in [7, 11) is 0. The second kappa shape index (κ2) is 5.94. The van der Waals surface area contributed by atoms with E-state index in [0.717, 1.165) is 17.1 Å². The van der Waals surface area contributed by atoms with Gasteiger partial charge in [-0.15, -0.1) is 0 Å². The minimum atomic E-state index is -0.608. The number of aromatic nitrogens is 6. The van der Waals surface area contributed by atoms with Crippen LogP contribution in [0.5, 0.6) is 0 Å². The van der Waals surface area contributed by atoms with Crippen LogP contribution in [0.3, 0.4) is 0 Å². The third-order valence-corrected chi connectivity index (χ3v) is 4.37. The van der Waals surface area contributed by atoms with Gasteiger partial charge >= 0.3 is 0 Å². The standard InChI is InChI=1S/C19H12F2N6/c20-13-6-5-12(14(21)7-13)9-26-10-23-16-8-22-19(25-18(16)26)27-11-24-15-3-1-2-4-17(15)27/h1-8,10-11H,9H2. The quantitative estimate of drug-likeness (QED) is 0.493. The molecule has 27 heavy (non-hydrogen) atoms. The fourth-order valence-electron chi connectivity index (χ4n) is 3.03. The summed E-state index contributed by atoms with van der Waals surface area (Å²) in [6, 6.07) is 11.2. The Morgan fingerprint density at radius 1 is 0.889 bits per heavy atom. The van der Waals surface area contributed by atoms with E-state index in [9.17, 15) is 8.78 Å². The van der Waals surface area contributed by atoms with Crippen molar-refractivity contribution in [2.75, 3.05) is 0 Å². The first-order valence-electron chi connectivity index (χ1n) is 8.23. The lowest BCUT2D eigenvalue weighted by Crippen LogP contribution is -2.05. The van der Waals surface area contributed by atoms with Crippen molar-refractivity contribution in [2.24, 2.45) is 0 Å². The molecule has 0 atom stereocenters. The maximum absolute atomic E-state index is 14.0. The van der Waals surface area contributed by atoms with Crippen molar-refractivity contribution in [2.45, 2.75) is 6.54 Å². The van der Waals surface area contributed by atoms with E-state index >= 15 is 0 Å². The highest BCUT2D eigenvalue weighted by atomic mass is 19.1. The topological polar surface area (TPSA) is 61.4 Å². The van der Waals surface area contributed by atoms with E-state index in [1.54, 1.807) is 28.0 Å². The van der Waals surface area contributed by atoms with Crippen LogP contribution in [0.4, 0.5) is 8.78 Å². The first-order chi connectivity index (χ1) is 13.2. The molecule has 0 radical (unpaired) electrons. The third-order valence-electron chi connectivity index (χ3n) is 4.37. The van der Waals surface area contributed by atoms with Crippen LogP contribution >= 0.6 is 0 Å². The lowest BCUT2D eigenvalue weighted by Gasteiger charge is -2.07. The highest BCUT2D eigenvalue weighted by Crippen LogP contribution is 2.19. The number of halogens is 2. The molecule has 132 valence electrons. The molecule has 0 bridgehead atoms. The lowest BCUT2D eigenvalue weighted by atomic mass is 10.2. The molecule has 0 spiro atoms. The van der Waals surface area contributed by atoms with Gasteiger partial charge in [0.1, 0.15) is 23.5 Å². The molecule has 0 fully saturated rings. The van der Waals surface area contributed by atoms with Crippen molar-refractivity contribution in [3.05, 3.63) is 78.5 Å². The molecule has 0 saturated carbocycles. The van der Waals surface area contributed by atoms with Gasteiger partial charge in [-0.2, -0.15) is 4.98 Å². The Morgan fingerprint density at radius 2 is 1.74 bits per heavy atom.